The molecule has 0 aromatic heterocycles. The zero-order valence-electron chi connectivity index (χ0n) is 3.13. The first-order valence-electron chi connectivity index (χ1n) is 1.06. The van der Waals surface area contributed by atoms with E-state index >= 15 is 0 Å². The molecule has 4 heteroatoms. The standard InChI is InChI=1S/C3H3O.Cu.2Ni/c1-2-3-4;;;/h2H,1H2;;;. The fourth-order valence-electron chi connectivity index (χ4n) is 0. The average molecular weight is 236 g/mol. The topological polar surface area (TPSA) is 17.1 Å². The van der Waals surface area contributed by atoms with E-state index in [0.29, 0.717) is 0 Å². The van der Waals surface area contributed by atoms with Gasteiger partial charge < -0.3 is 0 Å². The number of carbonyl (C=O) groups excluding carboxylic acids is 1. The van der Waals surface area contributed by atoms with Gasteiger partial charge in [0.05, 0.1) is 0 Å². The molecule has 0 amide bonds. The van der Waals surface area contributed by atoms with E-state index in [2.05, 4.69) is 22.0 Å². The maximum absolute atomic E-state index is 9.53. The average Bonchev–Trinajstić information content (AvgIpc) is 1.38. The van der Waals surface area contributed by atoms with Crippen molar-refractivity contribution < 1.29 is 53.8 Å². The van der Waals surface area contributed by atoms with E-state index in [1.54, 1.807) is 0 Å². The number of allylic oxidation sites excluding steroid dienone is 1. The molecule has 0 rings (SSSR count). The van der Waals surface area contributed by atoms with Crippen LogP contribution in [0.25, 0.3) is 0 Å². The van der Waals surface area contributed by atoms with E-state index in [-0.39, 0.29) is 38.3 Å². The van der Waals surface area contributed by atoms with Crippen molar-refractivity contribution in [3.05, 3.63) is 12.7 Å². The Labute approximate surface area is 71.1 Å². The zero-order chi connectivity index (χ0) is 4.28. The van der Waals surface area contributed by atoms with Crippen molar-refractivity contribution >= 4 is 4.75 Å². The molecule has 0 aromatic carbocycles. The van der Waals surface area contributed by atoms with Crippen molar-refractivity contribution in [1.82, 2.24) is 0 Å². The monoisotopic (exact) mass is 234 g/mol. The van der Waals surface area contributed by atoms with Crippen LogP contribution in [0.15, 0.2) is 12.7 Å². The molecule has 0 fully saturated rings. The predicted molar refractivity (Wildman–Crippen MR) is 15.2 cm³/mol. The first-order valence-corrected chi connectivity index (χ1v) is 1.55. The van der Waals surface area contributed by atoms with Gasteiger partial charge in [-0.05, 0) is 0 Å². The molecule has 0 spiro atoms. The summed E-state index contributed by atoms with van der Waals surface area (Å²) < 4.78 is -0.356. The molecule has 0 aliphatic rings. The Morgan fingerprint density at radius 1 is 1.71 bits per heavy atom. The molecule has 1 nitrogen and oxygen atoms in total. The Morgan fingerprint density at radius 2 is 1.86 bits per heavy atom. The number of hydrogen-bond donors (Lipinski definition) is 0. The van der Waals surface area contributed by atoms with Gasteiger partial charge in [0.1, 0.15) is 0 Å². The minimum atomic E-state index is -0.356. The Hall–Kier alpha value is 0.916. The number of hydrogen-bond acceptors (Lipinski definition) is 1. The molecular formula is C3H3CuNi2O. The molecule has 0 saturated heterocycles. The quantitative estimate of drug-likeness (QED) is 0.470. The van der Waals surface area contributed by atoms with Gasteiger partial charge in [0, 0.05) is 33.6 Å². The van der Waals surface area contributed by atoms with Crippen LogP contribution in [0.5, 0.6) is 0 Å². The first-order chi connectivity index (χ1) is 2.27. The molecule has 0 atom stereocenters. The molecule has 0 N–H and O–H groups in total. The van der Waals surface area contributed by atoms with E-state index in [1.807, 2.05) is 0 Å². The third-order valence-electron chi connectivity index (χ3n) is 0.148. The first kappa shape index (κ1) is 15.7. The molecule has 0 aromatic rings. The van der Waals surface area contributed by atoms with Crippen LogP contribution in [0.4, 0.5) is 0 Å². The SMILES string of the molecule is C=C[C](=O)[Ni].[Cu].[Ni]. The van der Waals surface area contributed by atoms with Crippen molar-refractivity contribution in [2.75, 3.05) is 0 Å². The fourth-order valence-corrected chi connectivity index (χ4v) is 0. The minimum absolute atomic E-state index is 0. The van der Waals surface area contributed by atoms with E-state index < -0.39 is 0 Å². The fraction of sp³-hybridized carbons (Fsp3) is 0. The predicted octanol–water partition coefficient (Wildman–Crippen LogP) is 0.241. The second kappa shape index (κ2) is 10.0. The Morgan fingerprint density at radius 3 is 1.86 bits per heavy atom. The van der Waals surface area contributed by atoms with Crippen LogP contribution >= 0.6 is 0 Å². The molecule has 52 valence electrons. The number of carbonyl (C=O) groups is 1. The second-order valence-corrected chi connectivity index (χ2v) is 0.965. The molecule has 0 heterocycles. The van der Waals surface area contributed by atoms with Crippen molar-refractivity contribution in [3.63, 3.8) is 0 Å². The molecule has 0 aliphatic heterocycles. The molecule has 7 heavy (non-hydrogen) atoms. The van der Waals surface area contributed by atoms with Crippen LogP contribution in [-0.2, 0) is 53.8 Å². The summed E-state index contributed by atoms with van der Waals surface area (Å²) in [6.45, 7) is 3.12. The number of rotatable bonds is 1. The molecule has 0 bridgehead atoms. The second-order valence-electron chi connectivity index (χ2n) is 0.478. The summed E-state index contributed by atoms with van der Waals surface area (Å²) in [6, 6.07) is 0. The molecular weight excluding hydrogens is 233 g/mol. The summed E-state index contributed by atoms with van der Waals surface area (Å²) >= 11 is 3.77. The van der Waals surface area contributed by atoms with Gasteiger partial charge in [-0.25, -0.2) is 0 Å². The summed E-state index contributed by atoms with van der Waals surface area (Å²) in [4.78, 5) is 9.53. The summed E-state index contributed by atoms with van der Waals surface area (Å²) in [6.07, 6.45) is 1.11. The summed E-state index contributed by atoms with van der Waals surface area (Å²) in [5.41, 5.74) is 0. The Bertz CT molecular complexity index is 64.0. The van der Waals surface area contributed by atoms with Gasteiger partial charge in [0.2, 0.25) is 0 Å². The molecule has 0 unspecified atom stereocenters. The van der Waals surface area contributed by atoms with E-state index in [1.165, 1.54) is 0 Å². The van der Waals surface area contributed by atoms with E-state index in [0.717, 1.165) is 6.08 Å². The summed E-state index contributed by atoms with van der Waals surface area (Å²) in [5, 5.41) is 0. The largest absolute Gasteiger partial charge is 0 e. The third kappa shape index (κ3) is 19.7. The zero-order valence-corrected chi connectivity index (χ0v) is 6.04. The van der Waals surface area contributed by atoms with Gasteiger partial charge in [-0.15, -0.1) is 0 Å². The van der Waals surface area contributed by atoms with Gasteiger partial charge in [0.25, 0.3) is 0 Å². The molecule has 0 aliphatic carbocycles. The van der Waals surface area contributed by atoms with Crippen LogP contribution in [0.3, 0.4) is 0 Å². The van der Waals surface area contributed by atoms with Crippen LogP contribution in [0.1, 0.15) is 0 Å². The smallest absolute Gasteiger partial charge is 0 e. The Balaban J connectivity index is -0.0000000800. The maximum Gasteiger partial charge on any atom is 0 e. The van der Waals surface area contributed by atoms with Crippen LogP contribution in [-0.4, -0.2) is 4.75 Å². The van der Waals surface area contributed by atoms with Crippen LogP contribution < -0.4 is 0 Å². The van der Waals surface area contributed by atoms with Crippen LogP contribution in [0.2, 0.25) is 0 Å². The molecule has 1 radical (unpaired) electrons. The third-order valence-corrected chi connectivity index (χ3v) is 0.349. The van der Waals surface area contributed by atoms with Crippen molar-refractivity contribution in [3.8, 4) is 0 Å². The van der Waals surface area contributed by atoms with Gasteiger partial charge in [-0.2, -0.15) is 0 Å². The summed E-state index contributed by atoms with van der Waals surface area (Å²) in [5.74, 6) is 0. The maximum atomic E-state index is 9.53. The summed E-state index contributed by atoms with van der Waals surface area (Å²) in [7, 11) is 0. The van der Waals surface area contributed by atoms with Gasteiger partial charge in [-0.3, -0.25) is 0 Å². The minimum Gasteiger partial charge on any atom is 0 e. The van der Waals surface area contributed by atoms with Gasteiger partial charge in [-0.1, -0.05) is 0 Å². The normalized spacial score (nSPS) is 4.86. The molecule has 0 saturated carbocycles. The van der Waals surface area contributed by atoms with Crippen LogP contribution in [0, 0.1) is 0 Å². The van der Waals surface area contributed by atoms with E-state index in [4.69, 9.17) is 0 Å². The Kier molecular flexibility index (Phi) is 22.4. The van der Waals surface area contributed by atoms with Crippen molar-refractivity contribution in [2.45, 2.75) is 0 Å². The van der Waals surface area contributed by atoms with Crippen molar-refractivity contribution in [2.24, 2.45) is 0 Å². The van der Waals surface area contributed by atoms with E-state index in [9.17, 15) is 4.79 Å². The van der Waals surface area contributed by atoms with Gasteiger partial charge >= 0.3 is 37.7 Å². The van der Waals surface area contributed by atoms with Gasteiger partial charge in [0.15, 0.2) is 0 Å². The van der Waals surface area contributed by atoms with Crippen molar-refractivity contribution in [1.29, 1.82) is 0 Å².